The molecule has 0 bridgehead atoms. The molecule has 190 valence electrons. The van der Waals surface area contributed by atoms with Crippen LogP contribution in [0.2, 0.25) is 5.02 Å². The lowest BCUT2D eigenvalue weighted by atomic mass is 9.87. The second-order valence-corrected chi connectivity index (χ2v) is 12.5. The average Bonchev–Trinajstić information content (AvgIpc) is 3.14. The molecule has 0 spiro atoms. The van der Waals surface area contributed by atoms with Gasteiger partial charge < -0.3 is 14.7 Å². The summed E-state index contributed by atoms with van der Waals surface area (Å²) in [5, 5.41) is 9.45. The quantitative estimate of drug-likeness (QED) is 0.593. The zero-order valence-corrected chi connectivity index (χ0v) is 21.9. The third-order valence-electron chi connectivity index (χ3n) is 7.46. The molecule has 2 aromatic rings. The number of hydrogen-bond donors (Lipinski definition) is 0. The van der Waals surface area contributed by atoms with Crippen LogP contribution >= 0.6 is 11.6 Å². The zero-order valence-electron chi connectivity index (χ0n) is 20.4. The van der Waals surface area contributed by atoms with Gasteiger partial charge in [0, 0.05) is 59.8 Å². The molecular weight excluding hydrogens is 505 g/mol. The van der Waals surface area contributed by atoms with Crippen LogP contribution in [0.25, 0.3) is 0 Å². The molecule has 3 atom stereocenters. The Bertz CT molecular complexity index is 1300. The summed E-state index contributed by atoms with van der Waals surface area (Å²) in [6.07, 6.45) is 3.48. The van der Waals surface area contributed by atoms with Crippen LogP contribution < -0.4 is 9.80 Å². The van der Waals surface area contributed by atoms with E-state index in [4.69, 9.17) is 16.9 Å². The zero-order chi connectivity index (χ0) is 25.8. The van der Waals surface area contributed by atoms with Gasteiger partial charge in [-0.25, -0.2) is 19.3 Å². The van der Waals surface area contributed by atoms with Gasteiger partial charge in [-0.2, -0.15) is 5.26 Å². The molecule has 5 heterocycles. The van der Waals surface area contributed by atoms with Crippen molar-refractivity contribution in [3.63, 3.8) is 0 Å². The highest BCUT2D eigenvalue weighted by atomic mass is 35.5. The normalized spacial score (nSPS) is 26.8. The standard InChI is InChI=1S/C24H27ClFN7O2S/c1-15-11-31(5-6-32(15)22(34)24(12-26)4-7-36(24)35)20-19-21(30-14-29-20)33(13-23(19,2)3)16-8-17(25)18(9-27)28-10-16/h8,10,14-15H,4-7,11-13H2,1-3H3. The number of nitrogens with zero attached hydrogens (tertiary/aromatic N) is 7. The number of fused-ring (bicyclic) bond motifs is 1. The average molecular weight is 532 g/mol. The second-order valence-electron chi connectivity index (χ2n) is 10.2. The van der Waals surface area contributed by atoms with Crippen molar-refractivity contribution in [2.45, 2.75) is 43.4 Å². The van der Waals surface area contributed by atoms with Gasteiger partial charge in [-0.15, -0.1) is 0 Å². The van der Waals surface area contributed by atoms with Crippen molar-refractivity contribution in [3.8, 4) is 6.07 Å². The Morgan fingerprint density at radius 2 is 2.06 bits per heavy atom. The smallest absolute Gasteiger partial charge is 0.244 e. The van der Waals surface area contributed by atoms with Crippen LogP contribution in [0.3, 0.4) is 0 Å². The fourth-order valence-corrected chi connectivity index (χ4v) is 6.87. The molecule has 2 aromatic heterocycles. The number of nitriles is 1. The summed E-state index contributed by atoms with van der Waals surface area (Å²) in [5.41, 5.74) is 1.59. The van der Waals surface area contributed by atoms with Crippen LogP contribution in [-0.2, 0) is 21.0 Å². The van der Waals surface area contributed by atoms with Gasteiger partial charge in [-0.1, -0.05) is 25.4 Å². The Balaban J connectivity index is 1.43. The molecule has 0 aliphatic carbocycles. The number of aromatic nitrogens is 3. The minimum atomic E-state index is -1.45. The fourth-order valence-electron chi connectivity index (χ4n) is 5.37. The monoisotopic (exact) mass is 531 g/mol. The molecule has 36 heavy (non-hydrogen) atoms. The van der Waals surface area contributed by atoms with Gasteiger partial charge in [0.2, 0.25) is 5.91 Å². The first-order chi connectivity index (χ1) is 17.1. The summed E-state index contributed by atoms with van der Waals surface area (Å²) in [6.45, 7) is 7.35. The van der Waals surface area contributed by atoms with Crippen molar-refractivity contribution < 1.29 is 13.4 Å². The van der Waals surface area contributed by atoms with Crippen molar-refractivity contribution >= 4 is 45.6 Å². The van der Waals surface area contributed by atoms with E-state index in [9.17, 15) is 13.4 Å². The Morgan fingerprint density at radius 3 is 2.64 bits per heavy atom. The molecule has 0 radical (unpaired) electrons. The summed E-state index contributed by atoms with van der Waals surface area (Å²) >= 11 is 6.25. The summed E-state index contributed by atoms with van der Waals surface area (Å²) in [7, 11) is -1.45. The highest BCUT2D eigenvalue weighted by Gasteiger charge is 2.54. The molecule has 3 aliphatic heterocycles. The van der Waals surface area contributed by atoms with Crippen LogP contribution in [0.1, 0.15) is 38.4 Å². The molecule has 1 amide bonds. The number of rotatable bonds is 4. The van der Waals surface area contributed by atoms with Gasteiger partial charge >= 0.3 is 0 Å². The molecule has 0 aromatic carbocycles. The van der Waals surface area contributed by atoms with Crippen LogP contribution in [0, 0.1) is 11.3 Å². The molecule has 2 saturated heterocycles. The molecule has 9 nitrogen and oxygen atoms in total. The van der Waals surface area contributed by atoms with Gasteiger partial charge in [0.05, 0.1) is 16.9 Å². The first-order valence-electron chi connectivity index (χ1n) is 11.8. The van der Waals surface area contributed by atoms with Gasteiger partial charge in [0.25, 0.3) is 0 Å². The van der Waals surface area contributed by atoms with E-state index in [0.29, 0.717) is 38.4 Å². The predicted octanol–water partition coefficient (Wildman–Crippen LogP) is 2.72. The lowest BCUT2D eigenvalue weighted by molar-refractivity contribution is -0.137. The van der Waals surface area contributed by atoms with E-state index < -0.39 is 22.2 Å². The van der Waals surface area contributed by atoms with Crippen LogP contribution in [0.4, 0.5) is 21.7 Å². The first kappa shape index (κ1) is 24.8. The molecule has 0 saturated carbocycles. The van der Waals surface area contributed by atoms with Crippen LogP contribution in [-0.4, -0.2) is 79.4 Å². The van der Waals surface area contributed by atoms with E-state index >= 15 is 0 Å². The predicted molar refractivity (Wildman–Crippen MR) is 136 cm³/mol. The Morgan fingerprint density at radius 1 is 1.31 bits per heavy atom. The van der Waals surface area contributed by atoms with Gasteiger partial charge in [0.15, 0.2) is 10.4 Å². The molecular formula is C24H27ClFN7O2S. The molecule has 0 N–H and O–H groups in total. The van der Waals surface area contributed by atoms with E-state index in [1.807, 2.05) is 17.9 Å². The number of amides is 1. The molecule has 12 heteroatoms. The number of carbonyl (C=O) groups is 1. The van der Waals surface area contributed by atoms with E-state index in [1.165, 1.54) is 6.33 Å². The van der Waals surface area contributed by atoms with Gasteiger partial charge in [-0.3, -0.25) is 9.00 Å². The third kappa shape index (κ3) is 3.73. The topological polar surface area (TPSA) is 106 Å². The minimum Gasteiger partial charge on any atom is -0.352 e. The molecule has 2 fully saturated rings. The van der Waals surface area contributed by atoms with Crippen molar-refractivity contribution in [3.05, 3.63) is 34.9 Å². The van der Waals surface area contributed by atoms with E-state index in [-0.39, 0.29) is 28.1 Å². The largest absolute Gasteiger partial charge is 0.352 e. The summed E-state index contributed by atoms with van der Waals surface area (Å²) in [5.74, 6) is 1.58. The maximum absolute atomic E-state index is 13.8. The summed E-state index contributed by atoms with van der Waals surface area (Å²) in [4.78, 5) is 32.4. The van der Waals surface area contributed by atoms with E-state index in [0.717, 1.165) is 22.9 Å². The molecule has 5 rings (SSSR count). The Kier molecular flexibility index (Phi) is 6.16. The maximum atomic E-state index is 13.8. The SMILES string of the molecule is CC1CN(c2ncnc3c2C(C)(C)CN3c2cnc(C#N)c(Cl)c2)CCN1C(=O)C1(CF)CCS1=O. The van der Waals surface area contributed by atoms with Crippen LogP contribution in [0.15, 0.2) is 18.6 Å². The molecule has 3 unspecified atom stereocenters. The number of anilines is 3. The summed E-state index contributed by atoms with van der Waals surface area (Å²) < 4.78 is 24.7. The maximum Gasteiger partial charge on any atom is 0.244 e. The van der Waals surface area contributed by atoms with Crippen molar-refractivity contribution in [2.75, 3.05) is 48.4 Å². The number of carbonyl (C=O) groups excluding carboxylic acids is 1. The minimum absolute atomic E-state index is 0.171. The third-order valence-corrected chi connectivity index (χ3v) is 9.68. The highest BCUT2D eigenvalue weighted by molar-refractivity contribution is 7.88. The second kappa shape index (κ2) is 8.92. The molecule has 3 aliphatic rings. The van der Waals surface area contributed by atoms with Crippen molar-refractivity contribution in [1.29, 1.82) is 5.26 Å². The highest BCUT2D eigenvalue weighted by Crippen LogP contribution is 2.47. The number of piperazine rings is 1. The fraction of sp³-hybridized carbons (Fsp3) is 0.542. The summed E-state index contributed by atoms with van der Waals surface area (Å²) in [6, 6.07) is 3.50. The lowest BCUT2D eigenvalue weighted by Crippen LogP contribution is -2.65. The van der Waals surface area contributed by atoms with E-state index in [1.54, 1.807) is 17.2 Å². The first-order valence-corrected chi connectivity index (χ1v) is 13.5. The number of alkyl halides is 1. The lowest BCUT2D eigenvalue weighted by Gasteiger charge is -2.46. The van der Waals surface area contributed by atoms with Gasteiger partial charge in [0.1, 0.15) is 30.7 Å². The van der Waals surface area contributed by atoms with Crippen molar-refractivity contribution in [1.82, 2.24) is 19.9 Å². The Labute approximate surface area is 216 Å². The number of hydrogen-bond acceptors (Lipinski definition) is 8. The van der Waals surface area contributed by atoms with Crippen molar-refractivity contribution in [2.24, 2.45) is 0 Å². The van der Waals surface area contributed by atoms with Gasteiger partial charge in [-0.05, 0) is 19.4 Å². The van der Waals surface area contributed by atoms with Crippen LogP contribution in [0.5, 0.6) is 0 Å². The van der Waals surface area contributed by atoms with E-state index in [2.05, 4.69) is 33.7 Å². The number of pyridine rings is 1. The number of halogens is 2. The Hall–Kier alpha value is -2.84.